The van der Waals surface area contributed by atoms with Gasteiger partial charge in [-0.2, -0.15) is 0 Å². The van der Waals surface area contributed by atoms with Crippen LogP contribution in [-0.4, -0.2) is 23.0 Å². The van der Waals surface area contributed by atoms with Gasteiger partial charge in [-0.3, -0.25) is 4.79 Å². The molecule has 0 spiro atoms. The molecule has 16 heavy (non-hydrogen) atoms. The minimum absolute atomic E-state index is 0.0470. The van der Waals surface area contributed by atoms with Gasteiger partial charge in [0.1, 0.15) is 5.41 Å². The molecule has 0 aromatic heterocycles. The molecule has 90 valence electrons. The highest BCUT2D eigenvalue weighted by Gasteiger charge is 2.54. The minimum atomic E-state index is -0.716. The maximum absolute atomic E-state index is 12.0. The SMILES string of the molecule is CC(NC(=O)C1(C(N)=NO)CC1)C1CCC1. The Balaban J connectivity index is 1.92. The number of carbonyl (C=O) groups excluding carboxylic acids is 1. The average molecular weight is 225 g/mol. The predicted octanol–water partition coefficient (Wildman–Crippen LogP) is 0.818. The van der Waals surface area contributed by atoms with Crippen molar-refractivity contribution in [2.24, 2.45) is 22.2 Å². The molecule has 4 N–H and O–H groups in total. The van der Waals surface area contributed by atoms with E-state index in [1.807, 2.05) is 6.92 Å². The number of rotatable bonds is 4. The molecule has 2 fully saturated rings. The number of nitrogens with one attached hydrogen (secondary N) is 1. The van der Waals surface area contributed by atoms with E-state index in [2.05, 4.69) is 10.5 Å². The summed E-state index contributed by atoms with van der Waals surface area (Å²) in [7, 11) is 0. The van der Waals surface area contributed by atoms with Gasteiger partial charge in [0.15, 0.2) is 5.84 Å². The molecule has 0 heterocycles. The standard InChI is InChI=1S/C11H19N3O2/c1-7(8-3-2-4-8)13-10(15)11(5-6-11)9(12)14-16/h7-8,16H,2-6H2,1H3,(H2,12,14)(H,13,15). The van der Waals surface area contributed by atoms with Gasteiger partial charge < -0.3 is 16.3 Å². The van der Waals surface area contributed by atoms with Crippen molar-refractivity contribution in [3.8, 4) is 0 Å². The van der Waals surface area contributed by atoms with Crippen LogP contribution in [-0.2, 0) is 4.79 Å². The van der Waals surface area contributed by atoms with Crippen molar-refractivity contribution in [2.45, 2.75) is 45.1 Å². The highest BCUT2D eigenvalue weighted by molar-refractivity contribution is 6.09. The zero-order valence-electron chi connectivity index (χ0n) is 9.57. The third kappa shape index (κ3) is 1.74. The van der Waals surface area contributed by atoms with Gasteiger partial charge >= 0.3 is 0 Å². The van der Waals surface area contributed by atoms with Crippen LogP contribution in [0.1, 0.15) is 39.0 Å². The Morgan fingerprint density at radius 1 is 1.56 bits per heavy atom. The summed E-state index contributed by atoms with van der Waals surface area (Å²) >= 11 is 0. The lowest BCUT2D eigenvalue weighted by molar-refractivity contribution is -0.125. The molecule has 2 aliphatic carbocycles. The molecule has 1 atom stereocenters. The number of nitrogens with two attached hydrogens (primary N) is 1. The second-order valence-electron chi connectivity index (χ2n) is 5.02. The molecule has 0 saturated heterocycles. The van der Waals surface area contributed by atoms with Crippen molar-refractivity contribution in [2.75, 3.05) is 0 Å². The van der Waals surface area contributed by atoms with E-state index in [1.54, 1.807) is 0 Å². The Bertz CT molecular complexity index is 319. The van der Waals surface area contributed by atoms with Crippen LogP contribution in [0.3, 0.4) is 0 Å². The van der Waals surface area contributed by atoms with E-state index in [9.17, 15) is 4.79 Å². The number of hydrogen-bond donors (Lipinski definition) is 3. The second kappa shape index (κ2) is 3.96. The summed E-state index contributed by atoms with van der Waals surface area (Å²) in [6, 6.07) is 0.199. The van der Waals surface area contributed by atoms with E-state index in [4.69, 9.17) is 10.9 Å². The third-order valence-electron chi connectivity index (χ3n) is 4.00. The van der Waals surface area contributed by atoms with Gasteiger partial charge in [-0.25, -0.2) is 0 Å². The molecule has 2 saturated carbocycles. The molecular formula is C11H19N3O2. The van der Waals surface area contributed by atoms with Gasteiger partial charge in [0.2, 0.25) is 5.91 Å². The lowest BCUT2D eigenvalue weighted by Crippen LogP contribution is -2.47. The van der Waals surface area contributed by atoms with E-state index in [1.165, 1.54) is 19.3 Å². The summed E-state index contributed by atoms with van der Waals surface area (Å²) in [5.41, 5.74) is 4.84. The Morgan fingerprint density at radius 2 is 2.19 bits per heavy atom. The first-order valence-electron chi connectivity index (χ1n) is 5.89. The predicted molar refractivity (Wildman–Crippen MR) is 60.0 cm³/mol. The average Bonchev–Trinajstić information content (AvgIpc) is 2.94. The molecule has 0 bridgehead atoms. The normalized spacial score (nSPS) is 25.7. The molecular weight excluding hydrogens is 206 g/mol. The molecule has 0 radical (unpaired) electrons. The molecule has 1 unspecified atom stereocenters. The van der Waals surface area contributed by atoms with Crippen LogP contribution < -0.4 is 11.1 Å². The summed E-state index contributed by atoms with van der Waals surface area (Å²) in [4.78, 5) is 12.0. The smallest absolute Gasteiger partial charge is 0.234 e. The fourth-order valence-corrected chi connectivity index (χ4v) is 2.22. The molecule has 2 rings (SSSR count). The largest absolute Gasteiger partial charge is 0.409 e. The van der Waals surface area contributed by atoms with Gasteiger partial charge in [-0.05, 0) is 38.5 Å². The lowest BCUT2D eigenvalue weighted by atomic mass is 9.80. The van der Waals surface area contributed by atoms with E-state index in [0.717, 1.165) is 0 Å². The number of amides is 1. The van der Waals surface area contributed by atoms with Gasteiger partial charge in [0.05, 0.1) is 0 Å². The first-order valence-corrected chi connectivity index (χ1v) is 5.89. The van der Waals surface area contributed by atoms with Crippen LogP contribution in [0, 0.1) is 11.3 Å². The Hall–Kier alpha value is -1.26. The summed E-state index contributed by atoms with van der Waals surface area (Å²) in [6.07, 6.45) is 5.02. The van der Waals surface area contributed by atoms with E-state index < -0.39 is 5.41 Å². The van der Waals surface area contributed by atoms with Crippen LogP contribution in [0.15, 0.2) is 5.16 Å². The Kier molecular flexibility index (Phi) is 2.78. The van der Waals surface area contributed by atoms with Crippen molar-refractivity contribution in [1.82, 2.24) is 5.32 Å². The van der Waals surface area contributed by atoms with E-state index in [-0.39, 0.29) is 17.8 Å². The van der Waals surface area contributed by atoms with Crippen LogP contribution >= 0.6 is 0 Å². The summed E-state index contributed by atoms with van der Waals surface area (Å²) < 4.78 is 0. The molecule has 5 heteroatoms. The van der Waals surface area contributed by atoms with Crippen molar-refractivity contribution in [3.05, 3.63) is 0 Å². The van der Waals surface area contributed by atoms with E-state index >= 15 is 0 Å². The van der Waals surface area contributed by atoms with Crippen molar-refractivity contribution >= 4 is 11.7 Å². The third-order valence-corrected chi connectivity index (χ3v) is 4.00. The van der Waals surface area contributed by atoms with E-state index in [0.29, 0.717) is 18.8 Å². The first kappa shape index (κ1) is 11.2. The highest BCUT2D eigenvalue weighted by atomic mass is 16.4. The summed E-state index contributed by atoms with van der Waals surface area (Å²) in [5, 5.41) is 14.6. The lowest BCUT2D eigenvalue weighted by Gasteiger charge is -2.32. The zero-order valence-corrected chi connectivity index (χ0v) is 9.57. The van der Waals surface area contributed by atoms with Crippen LogP contribution in [0.25, 0.3) is 0 Å². The quantitative estimate of drug-likeness (QED) is 0.286. The van der Waals surface area contributed by atoms with Gasteiger partial charge in [-0.1, -0.05) is 11.6 Å². The number of nitrogens with zero attached hydrogens (tertiary/aromatic N) is 1. The number of amidine groups is 1. The second-order valence-corrected chi connectivity index (χ2v) is 5.02. The Labute approximate surface area is 95.1 Å². The monoisotopic (exact) mass is 225 g/mol. The molecule has 0 aromatic rings. The van der Waals surface area contributed by atoms with Crippen molar-refractivity contribution in [3.63, 3.8) is 0 Å². The number of carbonyl (C=O) groups is 1. The van der Waals surface area contributed by atoms with Crippen LogP contribution in [0.4, 0.5) is 0 Å². The maximum atomic E-state index is 12.0. The maximum Gasteiger partial charge on any atom is 0.234 e. The zero-order chi connectivity index (χ0) is 11.8. The summed E-state index contributed by atoms with van der Waals surface area (Å²) in [5.74, 6) is 0.569. The highest BCUT2D eigenvalue weighted by Crippen LogP contribution is 2.46. The Morgan fingerprint density at radius 3 is 2.56 bits per heavy atom. The summed E-state index contributed by atoms with van der Waals surface area (Å²) in [6.45, 7) is 2.03. The van der Waals surface area contributed by atoms with Crippen LogP contribution in [0.5, 0.6) is 0 Å². The topological polar surface area (TPSA) is 87.7 Å². The number of hydrogen-bond acceptors (Lipinski definition) is 3. The molecule has 5 nitrogen and oxygen atoms in total. The van der Waals surface area contributed by atoms with Crippen LogP contribution in [0.2, 0.25) is 0 Å². The molecule has 0 aliphatic heterocycles. The van der Waals surface area contributed by atoms with Gasteiger partial charge in [0, 0.05) is 6.04 Å². The van der Waals surface area contributed by atoms with Gasteiger partial charge in [0.25, 0.3) is 0 Å². The fraction of sp³-hybridized carbons (Fsp3) is 0.818. The van der Waals surface area contributed by atoms with Crippen molar-refractivity contribution in [1.29, 1.82) is 0 Å². The number of oxime groups is 1. The van der Waals surface area contributed by atoms with Crippen molar-refractivity contribution < 1.29 is 10.0 Å². The van der Waals surface area contributed by atoms with Gasteiger partial charge in [-0.15, -0.1) is 0 Å². The minimum Gasteiger partial charge on any atom is -0.409 e. The fourth-order valence-electron chi connectivity index (χ4n) is 2.22. The first-order chi connectivity index (χ1) is 7.60. The molecule has 0 aromatic carbocycles. The molecule has 1 amide bonds. The molecule has 2 aliphatic rings.